The Bertz CT molecular complexity index is 432. The molecule has 21 heavy (non-hydrogen) atoms. The summed E-state index contributed by atoms with van der Waals surface area (Å²) in [5, 5.41) is 9.03. The molecule has 0 aromatic carbocycles. The summed E-state index contributed by atoms with van der Waals surface area (Å²) in [6, 6.07) is 0.551. The smallest absolute Gasteiger partial charge is 0.0847 e. The Kier molecular flexibility index (Phi) is 7.22. The zero-order chi connectivity index (χ0) is 16.0. The van der Waals surface area contributed by atoms with E-state index in [1.165, 1.54) is 18.5 Å². The lowest BCUT2D eigenvalue weighted by Crippen LogP contribution is -2.40. The van der Waals surface area contributed by atoms with E-state index in [0.29, 0.717) is 11.5 Å². The van der Waals surface area contributed by atoms with E-state index in [9.17, 15) is 0 Å². The molecule has 0 radical (unpaired) electrons. The van der Waals surface area contributed by atoms with Crippen LogP contribution in [0.15, 0.2) is 0 Å². The van der Waals surface area contributed by atoms with E-state index >= 15 is 0 Å². The molecule has 0 saturated heterocycles. The van der Waals surface area contributed by atoms with Gasteiger partial charge in [-0.2, -0.15) is 5.10 Å². The largest absolute Gasteiger partial charge is 0.313 e. The minimum Gasteiger partial charge on any atom is -0.313 e. The van der Waals surface area contributed by atoms with Crippen LogP contribution in [0.2, 0.25) is 5.02 Å². The molecular weight excluding hydrogens is 282 g/mol. The highest BCUT2D eigenvalue weighted by atomic mass is 35.5. The quantitative estimate of drug-likeness (QED) is 0.760. The predicted octanol–water partition coefficient (Wildman–Crippen LogP) is 4.60. The van der Waals surface area contributed by atoms with Gasteiger partial charge in [-0.05, 0) is 51.5 Å². The molecule has 1 unspecified atom stereocenters. The highest BCUT2D eigenvalue weighted by Gasteiger charge is 2.23. The lowest BCUT2D eigenvalue weighted by Gasteiger charge is -2.32. The van der Waals surface area contributed by atoms with Crippen molar-refractivity contribution in [2.75, 3.05) is 6.54 Å². The molecular formula is C17H32ClN3. The summed E-state index contributed by atoms with van der Waals surface area (Å²) >= 11 is 6.38. The normalized spacial score (nSPS) is 13.7. The van der Waals surface area contributed by atoms with Crippen molar-refractivity contribution in [2.45, 2.75) is 79.8 Å². The Balaban J connectivity index is 2.62. The summed E-state index contributed by atoms with van der Waals surface area (Å²) in [5.74, 6) is 0. The summed E-state index contributed by atoms with van der Waals surface area (Å²) < 4.78 is 2.04. The van der Waals surface area contributed by atoms with Crippen LogP contribution in [0.5, 0.6) is 0 Å². The van der Waals surface area contributed by atoms with Crippen molar-refractivity contribution in [1.29, 1.82) is 0 Å². The third-order valence-electron chi connectivity index (χ3n) is 4.05. The summed E-state index contributed by atoms with van der Waals surface area (Å²) in [6.07, 6.45) is 4.51. The third-order valence-corrected chi connectivity index (χ3v) is 4.54. The first kappa shape index (κ1) is 18.5. The molecule has 0 aliphatic heterocycles. The van der Waals surface area contributed by atoms with Gasteiger partial charge in [0.05, 0.1) is 16.4 Å². The average molecular weight is 314 g/mol. The fourth-order valence-electron chi connectivity index (χ4n) is 2.74. The zero-order valence-corrected chi connectivity index (χ0v) is 15.3. The van der Waals surface area contributed by atoms with E-state index in [1.54, 1.807) is 0 Å². The fourth-order valence-corrected chi connectivity index (χ4v) is 2.97. The van der Waals surface area contributed by atoms with Crippen molar-refractivity contribution in [1.82, 2.24) is 15.1 Å². The van der Waals surface area contributed by atoms with Crippen LogP contribution in [-0.2, 0) is 13.0 Å². The average Bonchev–Trinajstić information content (AvgIpc) is 2.68. The maximum atomic E-state index is 6.38. The van der Waals surface area contributed by atoms with Crippen molar-refractivity contribution in [3.8, 4) is 0 Å². The third kappa shape index (κ3) is 5.30. The molecule has 1 rings (SSSR count). The first-order valence-electron chi connectivity index (χ1n) is 8.26. The van der Waals surface area contributed by atoms with E-state index in [-0.39, 0.29) is 0 Å². The minimum atomic E-state index is 0.292. The second kappa shape index (κ2) is 8.19. The van der Waals surface area contributed by atoms with Gasteiger partial charge in [0, 0.05) is 12.6 Å². The minimum absolute atomic E-state index is 0.292. The lowest BCUT2D eigenvalue weighted by molar-refractivity contribution is 0.251. The van der Waals surface area contributed by atoms with Crippen LogP contribution in [0, 0.1) is 12.3 Å². The fraction of sp³-hybridized carbons (Fsp3) is 0.824. The molecule has 3 nitrogen and oxygen atoms in total. The molecule has 1 heterocycles. The topological polar surface area (TPSA) is 29.9 Å². The summed E-state index contributed by atoms with van der Waals surface area (Å²) in [4.78, 5) is 0. The Morgan fingerprint density at radius 2 is 1.95 bits per heavy atom. The first-order valence-corrected chi connectivity index (χ1v) is 8.64. The maximum absolute atomic E-state index is 6.38. The number of nitrogens with one attached hydrogen (secondary N) is 1. The molecule has 0 aliphatic carbocycles. The highest BCUT2D eigenvalue weighted by Crippen LogP contribution is 2.26. The van der Waals surface area contributed by atoms with E-state index in [1.807, 2.05) is 11.6 Å². The molecule has 0 aliphatic rings. The molecule has 0 bridgehead atoms. The van der Waals surface area contributed by atoms with Crippen molar-refractivity contribution >= 4 is 11.6 Å². The summed E-state index contributed by atoms with van der Waals surface area (Å²) in [5.41, 5.74) is 2.43. The van der Waals surface area contributed by atoms with Crippen LogP contribution in [0.1, 0.15) is 65.3 Å². The van der Waals surface area contributed by atoms with Crippen LogP contribution in [0.25, 0.3) is 0 Å². The zero-order valence-electron chi connectivity index (χ0n) is 14.6. The van der Waals surface area contributed by atoms with E-state index in [2.05, 4.69) is 45.0 Å². The van der Waals surface area contributed by atoms with Crippen molar-refractivity contribution in [3.05, 3.63) is 16.4 Å². The number of halogens is 1. The van der Waals surface area contributed by atoms with Gasteiger partial charge < -0.3 is 5.32 Å². The number of rotatable bonds is 8. The molecule has 0 fully saturated rings. The Morgan fingerprint density at radius 1 is 1.29 bits per heavy atom. The van der Waals surface area contributed by atoms with Gasteiger partial charge in [-0.25, -0.2) is 0 Å². The molecule has 0 amide bonds. The van der Waals surface area contributed by atoms with Gasteiger partial charge in [0.25, 0.3) is 0 Å². The van der Waals surface area contributed by atoms with E-state index < -0.39 is 0 Å². The van der Waals surface area contributed by atoms with Crippen LogP contribution in [0.4, 0.5) is 0 Å². The van der Waals surface area contributed by atoms with Gasteiger partial charge in [-0.15, -0.1) is 0 Å². The Labute approximate surface area is 135 Å². The highest BCUT2D eigenvalue weighted by molar-refractivity contribution is 6.31. The van der Waals surface area contributed by atoms with Crippen LogP contribution >= 0.6 is 11.6 Å². The lowest BCUT2D eigenvalue weighted by atomic mass is 9.83. The van der Waals surface area contributed by atoms with Crippen molar-refractivity contribution < 1.29 is 0 Å². The second-order valence-electron chi connectivity index (χ2n) is 6.93. The van der Waals surface area contributed by atoms with Gasteiger partial charge in [0.1, 0.15) is 0 Å². The summed E-state index contributed by atoms with van der Waals surface area (Å²) in [6.45, 7) is 15.2. The molecule has 4 heteroatoms. The van der Waals surface area contributed by atoms with E-state index in [0.717, 1.165) is 36.6 Å². The molecule has 1 atom stereocenters. The first-order chi connectivity index (χ1) is 9.81. The second-order valence-corrected chi connectivity index (χ2v) is 7.30. The number of aromatic nitrogens is 2. The summed E-state index contributed by atoms with van der Waals surface area (Å²) in [7, 11) is 0. The SMILES string of the molecule is CCCNC(CCCc1c(Cl)c(C)nn1CC)C(C)(C)C. The standard InChI is InChI=1S/C17H32ClN3/c1-7-12-19-15(17(4,5)6)11-9-10-14-16(18)13(3)20-21(14)8-2/h15,19H,7-12H2,1-6H3. The molecule has 1 aromatic heterocycles. The van der Waals surface area contributed by atoms with Gasteiger partial charge in [-0.1, -0.05) is 39.3 Å². The van der Waals surface area contributed by atoms with Crippen molar-refractivity contribution in [2.24, 2.45) is 5.41 Å². The van der Waals surface area contributed by atoms with Crippen LogP contribution in [-0.4, -0.2) is 22.4 Å². The molecule has 0 saturated carbocycles. The predicted molar refractivity (Wildman–Crippen MR) is 92.1 cm³/mol. The molecule has 122 valence electrons. The van der Waals surface area contributed by atoms with Gasteiger partial charge in [0.2, 0.25) is 0 Å². The number of aryl methyl sites for hydroxylation is 2. The van der Waals surface area contributed by atoms with Gasteiger partial charge in [0.15, 0.2) is 0 Å². The van der Waals surface area contributed by atoms with Gasteiger partial charge in [-0.3, -0.25) is 4.68 Å². The number of hydrogen-bond acceptors (Lipinski definition) is 2. The van der Waals surface area contributed by atoms with Gasteiger partial charge >= 0.3 is 0 Å². The molecule has 1 aromatic rings. The maximum Gasteiger partial charge on any atom is 0.0847 e. The van der Waals surface area contributed by atoms with Crippen LogP contribution < -0.4 is 5.32 Å². The van der Waals surface area contributed by atoms with Crippen LogP contribution in [0.3, 0.4) is 0 Å². The molecule has 1 N–H and O–H groups in total. The van der Waals surface area contributed by atoms with Crippen molar-refractivity contribution in [3.63, 3.8) is 0 Å². The Morgan fingerprint density at radius 3 is 2.48 bits per heavy atom. The Hall–Kier alpha value is -0.540. The molecule has 0 spiro atoms. The monoisotopic (exact) mass is 313 g/mol. The van der Waals surface area contributed by atoms with E-state index in [4.69, 9.17) is 11.6 Å². The number of nitrogens with zero attached hydrogens (tertiary/aromatic N) is 2. The number of hydrogen-bond donors (Lipinski definition) is 1.